The zero-order valence-corrected chi connectivity index (χ0v) is 7.08. The summed E-state index contributed by atoms with van der Waals surface area (Å²) in [5.74, 6) is -0.874. The number of nitrogens with zero attached hydrogens (tertiary/aromatic N) is 2. The summed E-state index contributed by atoms with van der Waals surface area (Å²) in [5, 5.41) is 17.3. The maximum absolute atomic E-state index is 12.8. The van der Waals surface area contributed by atoms with Crippen LogP contribution in [0.5, 0.6) is 0 Å². The first-order valence-electron chi connectivity index (χ1n) is 3.78. The van der Waals surface area contributed by atoms with Crippen molar-refractivity contribution in [2.75, 3.05) is 0 Å². The molecule has 0 saturated carbocycles. The average Bonchev–Trinajstić information content (AvgIpc) is 2.16. The first-order valence-corrected chi connectivity index (χ1v) is 3.78. The Labute approximate surface area is 75.8 Å². The normalized spacial score (nSPS) is 11.4. The fraction of sp³-hybridized carbons (Fsp3) is 0.200. The van der Waals surface area contributed by atoms with Gasteiger partial charge in [-0.25, -0.2) is 4.39 Å². The third kappa shape index (κ3) is 1.83. The first kappa shape index (κ1) is 9.22. The summed E-state index contributed by atoms with van der Waals surface area (Å²) < 4.78 is 12.8. The minimum Gasteiger partial charge on any atom is -0.207 e. The van der Waals surface area contributed by atoms with Gasteiger partial charge in [0.15, 0.2) is 0 Å². The highest BCUT2D eigenvalue weighted by atomic mass is 19.1. The van der Waals surface area contributed by atoms with E-state index in [1.807, 2.05) is 12.1 Å². The van der Waals surface area contributed by atoms with E-state index >= 15 is 0 Å². The molecule has 13 heavy (non-hydrogen) atoms. The molecule has 0 bridgehead atoms. The molecule has 0 fully saturated rings. The van der Waals surface area contributed by atoms with Gasteiger partial charge in [-0.1, -0.05) is 0 Å². The number of rotatable bonds is 1. The van der Waals surface area contributed by atoms with Crippen LogP contribution < -0.4 is 0 Å². The van der Waals surface area contributed by atoms with Gasteiger partial charge in [-0.3, -0.25) is 0 Å². The number of halogens is 1. The molecule has 0 aliphatic rings. The Morgan fingerprint density at radius 2 is 2.08 bits per heavy atom. The zero-order chi connectivity index (χ0) is 9.84. The monoisotopic (exact) mass is 174 g/mol. The molecule has 0 aromatic heterocycles. The zero-order valence-electron chi connectivity index (χ0n) is 7.08. The van der Waals surface area contributed by atoms with Gasteiger partial charge in [-0.05, 0) is 30.7 Å². The standard InChI is InChI=1S/C10H7FN2/c1-7(5-12)10-4-9(11)3-2-8(10)6-13/h2-4,7H,1H3. The van der Waals surface area contributed by atoms with E-state index in [1.165, 1.54) is 18.2 Å². The van der Waals surface area contributed by atoms with Crippen LogP contribution in [0.15, 0.2) is 18.2 Å². The Kier molecular flexibility index (Phi) is 2.62. The van der Waals surface area contributed by atoms with Crippen LogP contribution in [-0.2, 0) is 0 Å². The molecular weight excluding hydrogens is 167 g/mol. The number of benzene rings is 1. The van der Waals surface area contributed by atoms with Gasteiger partial charge < -0.3 is 0 Å². The van der Waals surface area contributed by atoms with Crippen LogP contribution in [0, 0.1) is 28.5 Å². The van der Waals surface area contributed by atoms with Gasteiger partial charge in [-0.2, -0.15) is 10.5 Å². The van der Waals surface area contributed by atoms with Crippen LogP contribution in [0.1, 0.15) is 24.0 Å². The van der Waals surface area contributed by atoms with Crippen LogP contribution in [0.3, 0.4) is 0 Å². The van der Waals surface area contributed by atoms with Crippen molar-refractivity contribution in [1.29, 1.82) is 10.5 Å². The predicted octanol–water partition coefficient (Wildman–Crippen LogP) is 2.32. The lowest BCUT2D eigenvalue weighted by molar-refractivity contribution is 0.624. The molecule has 1 rings (SSSR count). The number of nitriles is 2. The minimum atomic E-state index is -0.453. The summed E-state index contributed by atoms with van der Waals surface area (Å²) in [6, 6.07) is 7.72. The molecule has 0 amide bonds. The van der Waals surface area contributed by atoms with Crippen LogP contribution in [0.2, 0.25) is 0 Å². The van der Waals surface area contributed by atoms with E-state index in [4.69, 9.17) is 10.5 Å². The quantitative estimate of drug-likeness (QED) is 0.655. The van der Waals surface area contributed by atoms with Crippen LogP contribution in [-0.4, -0.2) is 0 Å². The van der Waals surface area contributed by atoms with E-state index in [0.717, 1.165) is 0 Å². The van der Waals surface area contributed by atoms with Crippen LogP contribution >= 0.6 is 0 Å². The molecule has 1 aromatic rings. The lowest BCUT2D eigenvalue weighted by Crippen LogP contribution is -1.95. The third-order valence-electron chi connectivity index (χ3n) is 1.79. The number of hydrogen-bond donors (Lipinski definition) is 0. The van der Waals surface area contributed by atoms with Gasteiger partial charge in [0.2, 0.25) is 0 Å². The summed E-state index contributed by atoms with van der Waals surface area (Å²) >= 11 is 0. The second-order valence-electron chi connectivity index (χ2n) is 2.69. The average molecular weight is 174 g/mol. The Bertz CT molecular complexity index is 398. The maximum atomic E-state index is 12.8. The molecule has 1 atom stereocenters. The third-order valence-corrected chi connectivity index (χ3v) is 1.79. The fourth-order valence-electron chi connectivity index (χ4n) is 1.06. The van der Waals surface area contributed by atoms with Crippen LogP contribution in [0.25, 0.3) is 0 Å². The van der Waals surface area contributed by atoms with Crippen molar-refractivity contribution in [3.8, 4) is 12.1 Å². The lowest BCUT2D eigenvalue weighted by atomic mass is 9.97. The topological polar surface area (TPSA) is 47.6 Å². The van der Waals surface area contributed by atoms with Crippen molar-refractivity contribution in [3.05, 3.63) is 35.1 Å². The van der Waals surface area contributed by atoms with Crippen molar-refractivity contribution < 1.29 is 4.39 Å². The largest absolute Gasteiger partial charge is 0.207 e. The fourth-order valence-corrected chi connectivity index (χ4v) is 1.06. The number of hydrogen-bond acceptors (Lipinski definition) is 2. The van der Waals surface area contributed by atoms with Crippen molar-refractivity contribution in [2.24, 2.45) is 0 Å². The minimum absolute atomic E-state index is 0.357. The van der Waals surface area contributed by atoms with Gasteiger partial charge in [0.05, 0.1) is 23.6 Å². The highest BCUT2D eigenvalue weighted by molar-refractivity contribution is 5.41. The summed E-state index contributed by atoms with van der Waals surface area (Å²) in [7, 11) is 0. The Morgan fingerprint density at radius 3 is 2.62 bits per heavy atom. The summed E-state index contributed by atoms with van der Waals surface area (Å²) in [4.78, 5) is 0. The Hall–Kier alpha value is -1.87. The summed E-state index contributed by atoms with van der Waals surface area (Å²) in [6.45, 7) is 1.63. The molecule has 1 aromatic carbocycles. The smallest absolute Gasteiger partial charge is 0.123 e. The van der Waals surface area contributed by atoms with E-state index in [2.05, 4.69) is 0 Å². The molecule has 3 heteroatoms. The molecule has 0 N–H and O–H groups in total. The van der Waals surface area contributed by atoms with Crippen molar-refractivity contribution in [2.45, 2.75) is 12.8 Å². The predicted molar refractivity (Wildman–Crippen MR) is 45.1 cm³/mol. The summed E-state index contributed by atoms with van der Waals surface area (Å²) in [6.07, 6.45) is 0. The molecule has 0 radical (unpaired) electrons. The van der Waals surface area contributed by atoms with E-state index in [0.29, 0.717) is 11.1 Å². The van der Waals surface area contributed by atoms with Crippen LogP contribution in [0.4, 0.5) is 4.39 Å². The van der Waals surface area contributed by atoms with Crippen molar-refractivity contribution >= 4 is 0 Å². The summed E-state index contributed by atoms with van der Waals surface area (Å²) in [5.41, 5.74) is 0.806. The van der Waals surface area contributed by atoms with Gasteiger partial charge in [-0.15, -0.1) is 0 Å². The first-order chi connectivity index (χ1) is 6.19. The Balaban J connectivity index is 3.27. The Morgan fingerprint density at radius 1 is 1.38 bits per heavy atom. The highest BCUT2D eigenvalue weighted by Gasteiger charge is 2.10. The van der Waals surface area contributed by atoms with E-state index in [1.54, 1.807) is 6.92 Å². The molecule has 0 aliphatic carbocycles. The van der Waals surface area contributed by atoms with E-state index in [-0.39, 0.29) is 0 Å². The second kappa shape index (κ2) is 3.69. The molecule has 0 spiro atoms. The maximum Gasteiger partial charge on any atom is 0.123 e. The SMILES string of the molecule is CC(C#N)c1cc(F)ccc1C#N. The molecule has 64 valence electrons. The molecule has 0 heterocycles. The molecule has 1 unspecified atom stereocenters. The highest BCUT2D eigenvalue weighted by Crippen LogP contribution is 2.19. The van der Waals surface area contributed by atoms with Gasteiger partial charge in [0.1, 0.15) is 5.82 Å². The van der Waals surface area contributed by atoms with Gasteiger partial charge >= 0.3 is 0 Å². The molecular formula is C10H7FN2. The molecule has 2 nitrogen and oxygen atoms in total. The van der Waals surface area contributed by atoms with E-state index in [9.17, 15) is 4.39 Å². The van der Waals surface area contributed by atoms with Crippen molar-refractivity contribution in [3.63, 3.8) is 0 Å². The van der Waals surface area contributed by atoms with Gasteiger partial charge in [0.25, 0.3) is 0 Å². The second-order valence-corrected chi connectivity index (χ2v) is 2.69. The van der Waals surface area contributed by atoms with E-state index < -0.39 is 11.7 Å². The molecule has 0 saturated heterocycles. The lowest BCUT2D eigenvalue weighted by Gasteiger charge is -2.04. The van der Waals surface area contributed by atoms with Crippen molar-refractivity contribution in [1.82, 2.24) is 0 Å². The van der Waals surface area contributed by atoms with Gasteiger partial charge in [0, 0.05) is 0 Å². The molecule has 0 aliphatic heterocycles.